The van der Waals surface area contributed by atoms with Crippen LogP contribution in [0.1, 0.15) is 35.1 Å². The zero-order valence-electron chi connectivity index (χ0n) is 12.0. The molecular formula is C16H18N2O2. The summed E-state index contributed by atoms with van der Waals surface area (Å²) in [6.07, 6.45) is 1.52. The number of carbonyl (C=O) groups excluding carboxylic acids is 1. The molecule has 104 valence electrons. The molecule has 1 aromatic carbocycles. The average Bonchev–Trinajstić information content (AvgIpc) is 2.76. The maximum atomic E-state index is 12.2. The predicted octanol–water partition coefficient (Wildman–Crippen LogP) is 2.95. The molecule has 0 bridgehead atoms. The van der Waals surface area contributed by atoms with Gasteiger partial charge in [0.05, 0.1) is 29.7 Å². The number of aromatic nitrogens is 2. The van der Waals surface area contributed by atoms with Crippen molar-refractivity contribution < 1.29 is 9.53 Å². The highest BCUT2D eigenvalue weighted by Gasteiger charge is 2.29. The number of carbonyl (C=O) groups is 1. The first kappa shape index (κ1) is 12.9. The van der Waals surface area contributed by atoms with Crippen molar-refractivity contribution in [3.8, 4) is 11.4 Å². The third-order valence-electron chi connectivity index (χ3n) is 3.83. The van der Waals surface area contributed by atoms with Crippen LogP contribution in [0.4, 0.5) is 0 Å². The lowest BCUT2D eigenvalue weighted by atomic mass is 9.87. The zero-order chi connectivity index (χ0) is 14.3. The molecule has 2 aromatic rings. The number of methoxy groups -OCH3 is 1. The summed E-state index contributed by atoms with van der Waals surface area (Å²) in [5.41, 5.74) is 3.65. The van der Waals surface area contributed by atoms with Crippen LogP contribution in [-0.2, 0) is 6.42 Å². The summed E-state index contributed by atoms with van der Waals surface area (Å²) in [6.45, 7) is 4.02. The molecule has 4 heteroatoms. The van der Waals surface area contributed by atoms with E-state index in [2.05, 4.69) is 12.0 Å². The highest BCUT2D eigenvalue weighted by molar-refractivity contribution is 5.99. The summed E-state index contributed by atoms with van der Waals surface area (Å²) < 4.78 is 7.07. The molecule has 0 saturated carbocycles. The van der Waals surface area contributed by atoms with E-state index in [1.165, 1.54) is 0 Å². The van der Waals surface area contributed by atoms with Crippen LogP contribution in [0.25, 0.3) is 5.69 Å². The van der Waals surface area contributed by atoms with Gasteiger partial charge in [-0.1, -0.05) is 6.92 Å². The normalized spacial score (nSPS) is 17.9. The van der Waals surface area contributed by atoms with Crippen molar-refractivity contribution in [3.63, 3.8) is 0 Å². The van der Waals surface area contributed by atoms with Crippen molar-refractivity contribution in [1.29, 1.82) is 0 Å². The first-order chi connectivity index (χ1) is 9.60. The minimum absolute atomic E-state index is 0.219. The molecule has 1 atom stereocenters. The van der Waals surface area contributed by atoms with Gasteiger partial charge in [-0.3, -0.25) is 4.79 Å². The molecule has 1 aliphatic carbocycles. The summed E-state index contributed by atoms with van der Waals surface area (Å²) in [5.74, 6) is 1.41. The molecule has 20 heavy (non-hydrogen) atoms. The predicted molar refractivity (Wildman–Crippen MR) is 76.7 cm³/mol. The molecule has 0 N–H and O–H groups in total. The molecular weight excluding hydrogens is 252 g/mol. The number of fused-ring (bicyclic) bond motifs is 1. The van der Waals surface area contributed by atoms with Gasteiger partial charge in [-0.25, -0.2) is 4.68 Å². The van der Waals surface area contributed by atoms with E-state index in [0.717, 1.165) is 34.8 Å². The molecule has 0 aliphatic heterocycles. The quantitative estimate of drug-likeness (QED) is 0.842. The minimum atomic E-state index is 0.219. The van der Waals surface area contributed by atoms with Gasteiger partial charge in [0.1, 0.15) is 5.75 Å². The highest BCUT2D eigenvalue weighted by Crippen LogP contribution is 2.29. The second-order valence-electron chi connectivity index (χ2n) is 5.45. The van der Waals surface area contributed by atoms with E-state index in [1.54, 1.807) is 7.11 Å². The van der Waals surface area contributed by atoms with Gasteiger partial charge < -0.3 is 4.74 Å². The number of ether oxygens (including phenoxy) is 1. The Morgan fingerprint density at radius 2 is 1.95 bits per heavy atom. The number of nitrogens with zero attached hydrogens (tertiary/aromatic N) is 2. The van der Waals surface area contributed by atoms with Gasteiger partial charge >= 0.3 is 0 Å². The lowest BCUT2D eigenvalue weighted by molar-refractivity contribution is 0.0952. The van der Waals surface area contributed by atoms with Crippen molar-refractivity contribution in [2.45, 2.75) is 26.7 Å². The number of rotatable bonds is 2. The SMILES string of the molecule is COc1ccc(-n2nc(C)c3c2C[C@H](C)CC3=O)cc1. The zero-order valence-corrected chi connectivity index (χ0v) is 12.0. The molecule has 3 rings (SSSR count). The number of benzene rings is 1. The van der Waals surface area contributed by atoms with Crippen molar-refractivity contribution in [1.82, 2.24) is 9.78 Å². The fourth-order valence-corrected chi connectivity index (χ4v) is 2.88. The van der Waals surface area contributed by atoms with Crippen molar-refractivity contribution >= 4 is 5.78 Å². The number of aryl methyl sites for hydroxylation is 1. The van der Waals surface area contributed by atoms with E-state index in [1.807, 2.05) is 35.9 Å². The standard InChI is InChI=1S/C16H18N2O2/c1-10-8-14-16(15(19)9-10)11(2)17-18(14)12-4-6-13(20-3)7-5-12/h4-7,10H,8-9H2,1-3H3/t10-/m0/s1. The lowest BCUT2D eigenvalue weighted by Crippen LogP contribution is -2.19. The van der Waals surface area contributed by atoms with Crippen LogP contribution in [0.3, 0.4) is 0 Å². The maximum Gasteiger partial charge on any atom is 0.166 e. The second kappa shape index (κ2) is 4.78. The number of ketones is 1. The van der Waals surface area contributed by atoms with Gasteiger partial charge in [0, 0.05) is 6.42 Å². The third kappa shape index (κ3) is 2.01. The van der Waals surface area contributed by atoms with Gasteiger partial charge in [-0.15, -0.1) is 0 Å². The van der Waals surface area contributed by atoms with Crippen molar-refractivity contribution in [3.05, 3.63) is 41.2 Å². The van der Waals surface area contributed by atoms with Gasteiger partial charge in [0.2, 0.25) is 0 Å². The van der Waals surface area contributed by atoms with Crippen LogP contribution in [0.15, 0.2) is 24.3 Å². The van der Waals surface area contributed by atoms with E-state index in [9.17, 15) is 4.79 Å². The van der Waals surface area contributed by atoms with Crippen LogP contribution < -0.4 is 4.74 Å². The van der Waals surface area contributed by atoms with E-state index >= 15 is 0 Å². The van der Waals surface area contributed by atoms with Gasteiger partial charge in [0.25, 0.3) is 0 Å². The Bertz CT molecular complexity index is 656. The smallest absolute Gasteiger partial charge is 0.166 e. The molecule has 0 fully saturated rings. The topological polar surface area (TPSA) is 44.1 Å². The Kier molecular flexibility index (Phi) is 3.08. The van der Waals surface area contributed by atoms with Crippen LogP contribution >= 0.6 is 0 Å². The van der Waals surface area contributed by atoms with Crippen LogP contribution in [-0.4, -0.2) is 22.7 Å². The average molecular weight is 270 g/mol. The van der Waals surface area contributed by atoms with E-state index in [-0.39, 0.29) is 5.78 Å². The Hall–Kier alpha value is -2.10. The Labute approximate surface area is 118 Å². The van der Waals surface area contributed by atoms with Crippen LogP contribution in [0, 0.1) is 12.8 Å². The number of Topliss-reactive ketones (excluding diaryl/α,β-unsaturated/α-hetero) is 1. The van der Waals surface area contributed by atoms with Crippen molar-refractivity contribution in [2.75, 3.05) is 7.11 Å². The molecule has 0 saturated heterocycles. The first-order valence-electron chi connectivity index (χ1n) is 6.86. The Morgan fingerprint density at radius 3 is 2.60 bits per heavy atom. The summed E-state index contributed by atoms with van der Waals surface area (Å²) in [4.78, 5) is 12.2. The molecule has 0 amide bonds. The Morgan fingerprint density at radius 1 is 1.25 bits per heavy atom. The van der Waals surface area contributed by atoms with Crippen LogP contribution in [0.2, 0.25) is 0 Å². The van der Waals surface area contributed by atoms with Gasteiger partial charge in [-0.05, 0) is 43.5 Å². The molecule has 4 nitrogen and oxygen atoms in total. The van der Waals surface area contributed by atoms with Crippen molar-refractivity contribution in [2.24, 2.45) is 5.92 Å². The molecule has 0 radical (unpaired) electrons. The van der Waals surface area contributed by atoms with E-state index in [4.69, 9.17) is 4.74 Å². The molecule has 1 heterocycles. The first-order valence-corrected chi connectivity index (χ1v) is 6.86. The summed E-state index contributed by atoms with van der Waals surface area (Å²) in [6, 6.07) is 7.75. The molecule has 0 spiro atoms. The minimum Gasteiger partial charge on any atom is -0.497 e. The molecule has 1 aromatic heterocycles. The Balaban J connectivity index is 2.10. The third-order valence-corrected chi connectivity index (χ3v) is 3.83. The molecule has 1 aliphatic rings. The van der Waals surface area contributed by atoms with Gasteiger partial charge in [0.15, 0.2) is 5.78 Å². The fraction of sp³-hybridized carbons (Fsp3) is 0.375. The van der Waals surface area contributed by atoms with Crippen LogP contribution in [0.5, 0.6) is 5.75 Å². The van der Waals surface area contributed by atoms with E-state index < -0.39 is 0 Å². The molecule has 0 unspecified atom stereocenters. The number of hydrogen-bond donors (Lipinski definition) is 0. The summed E-state index contributed by atoms with van der Waals surface area (Å²) in [7, 11) is 1.65. The summed E-state index contributed by atoms with van der Waals surface area (Å²) in [5, 5.41) is 4.56. The largest absolute Gasteiger partial charge is 0.497 e. The highest BCUT2D eigenvalue weighted by atomic mass is 16.5. The monoisotopic (exact) mass is 270 g/mol. The summed E-state index contributed by atoms with van der Waals surface area (Å²) >= 11 is 0. The fourth-order valence-electron chi connectivity index (χ4n) is 2.88. The lowest BCUT2D eigenvalue weighted by Gasteiger charge is -2.19. The second-order valence-corrected chi connectivity index (χ2v) is 5.45. The number of hydrogen-bond acceptors (Lipinski definition) is 3. The van der Waals surface area contributed by atoms with E-state index in [0.29, 0.717) is 12.3 Å². The maximum absolute atomic E-state index is 12.2. The van der Waals surface area contributed by atoms with Gasteiger partial charge in [-0.2, -0.15) is 5.10 Å².